The molecule has 1 saturated heterocycles. The summed E-state index contributed by atoms with van der Waals surface area (Å²) in [6.45, 7) is 0.386. The minimum atomic E-state index is -0.518. The van der Waals surface area contributed by atoms with E-state index in [1.54, 1.807) is 30.5 Å². The topological polar surface area (TPSA) is 57.8 Å². The molecule has 1 aromatic carbocycles. The van der Waals surface area contributed by atoms with E-state index in [0.29, 0.717) is 24.4 Å². The van der Waals surface area contributed by atoms with Gasteiger partial charge in [0, 0.05) is 18.8 Å². The van der Waals surface area contributed by atoms with Crippen molar-refractivity contribution in [1.82, 2.24) is 9.38 Å². The van der Waals surface area contributed by atoms with Crippen LogP contribution in [0.4, 0.5) is 10.2 Å². The zero-order valence-electron chi connectivity index (χ0n) is 12.8. The number of aliphatic hydroxyl groups excluding tert-OH is 1. The highest BCUT2D eigenvalue weighted by atomic mass is 19.1. The van der Waals surface area contributed by atoms with Crippen molar-refractivity contribution in [2.24, 2.45) is 0 Å². The molecular formula is C18H16FN3O2. The quantitative estimate of drug-likeness (QED) is 0.784. The molecule has 24 heavy (non-hydrogen) atoms. The molecule has 2 atom stereocenters. The molecule has 5 nitrogen and oxygen atoms in total. The Kier molecular flexibility index (Phi) is 3.54. The van der Waals surface area contributed by atoms with E-state index in [1.165, 1.54) is 22.6 Å². The van der Waals surface area contributed by atoms with E-state index >= 15 is 0 Å². The van der Waals surface area contributed by atoms with E-state index in [0.717, 1.165) is 5.56 Å². The molecule has 0 bridgehead atoms. The SMILES string of the molecule is O=c1cc(N2C[C@@H](O)C[C@@H]2c2ccc(F)cc2)nc2ccccn12. The van der Waals surface area contributed by atoms with Gasteiger partial charge >= 0.3 is 0 Å². The Morgan fingerprint density at radius 1 is 1.17 bits per heavy atom. The van der Waals surface area contributed by atoms with E-state index in [9.17, 15) is 14.3 Å². The van der Waals surface area contributed by atoms with Crippen molar-refractivity contribution < 1.29 is 9.50 Å². The molecule has 3 heterocycles. The van der Waals surface area contributed by atoms with Crippen LogP contribution in [0.25, 0.3) is 5.65 Å². The number of aliphatic hydroxyl groups is 1. The average molecular weight is 325 g/mol. The van der Waals surface area contributed by atoms with Crippen LogP contribution in [0.1, 0.15) is 18.0 Å². The van der Waals surface area contributed by atoms with Crippen molar-refractivity contribution in [2.75, 3.05) is 11.4 Å². The Labute approximate surface area is 137 Å². The average Bonchev–Trinajstić information content (AvgIpc) is 2.97. The molecule has 2 aromatic heterocycles. The second kappa shape index (κ2) is 5.72. The summed E-state index contributed by atoms with van der Waals surface area (Å²) in [5.74, 6) is 0.225. The molecule has 0 amide bonds. The Morgan fingerprint density at radius 3 is 2.75 bits per heavy atom. The molecule has 0 unspecified atom stereocenters. The minimum absolute atomic E-state index is 0.140. The van der Waals surface area contributed by atoms with Gasteiger partial charge in [-0.2, -0.15) is 0 Å². The van der Waals surface area contributed by atoms with E-state index in [4.69, 9.17) is 0 Å². The second-order valence-electron chi connectivity index (χ2n) is 5.99. The molecule has 0 radical (unpaired) electrons. The molecule has 122 valence electrons. The third-order valence-corrected chi connectivity index (χ3v) is 4.39. The molecule has 0 spiro atoms. The van der Waals surface area contributed by atoms with Gasteiger partial charge in [0.1, 0.15) is 17.3 Å². The highest BCUT2D eigenvalue weighted by Gasteiger charge is 2.33. The fraction of sp³-hybridized carbons (Fsp3) is 0.222. The van der Waals surface area contributed by atoms with Gasteiger partial charge in [-0.05, 0) is 36.2 Å². The van der Waals surface area contributed by atoms with Gasteiger partial charge < -0.3 is 10.0 Å². The first-order valence-corrected chi connectivity index (χ1v) is 7.80. The van der Waals surface area contributed by atoms with E-state index < -0.39 is 6.10 Å². The highest BCUT2D eigenvalue weighted by molar-refractivity contribution is 5.51. The number of aromatic nitrogens is 2. The lowest BCUT2D eigenvalue weighted by Gasteiger charge is -2.25. The van der Waals surface area contributed by atoms with Crippen molar-refractivity contribution in [3.05, 3.63) is 76.5 Å². The van der Waals surface area contributed by atoms with Crippen LogP contribution < -0.4 is 10.5 Å². The molecule has 4 rings (SSSR count). The van der Waals surface area contributed by atoms with Crippen molar-refractivity contribution in [2.45, 2.75) is 18.6 Å². The summed E-state index contributed by atoms with van der Waals surface area (Å²) in [5.41, 5.74) is 1.28. The standard InChI is InChI=1S/C18H16FN3O2/c19-13-6-4-12(5-7-13)15-9-14(23)11-22(15)17-10-18(24)21-8-2-1-3-16(21)20-17/h1-8,10,14-15,23H,9,11H2/t14-,15+/m0/s1. The Balaban J connectivity index is 1.79. The molecule has 1 aliphatic rings. The maximum atomic E-state index is 13.2. The number of hydrogen-bond donors (Lipinski definition) is 1. The largest absolute Gasteiger partial charge is 0.391 e. The first-order chi connectivity index (χ1) is 11.6. The fourth-order valence-corrected chi connectivity index (χ4v) is 3.26. The van der Waals surface area contributed by atoms with Gasteiger partial charge in [0.25, 0.3) is 5.56 Å². The van der Waals surface area contributed by atoms with Crippen molar-refractivity contribution in [3.8, 4) is 0 Å². The summed E-state index contributed by atoms with van der Waals surface area (Å²) >= 11 is 0. The van der Waals surface area contributed by atoms with E-state index in [1.807, 2.05) is 11.0 Å². The van der Waals surface area contributed by atoms with Gasteiger partial charge in [0.15, 0.2) is 0 Å². The Morgan fingerprint density at radius 2 is 1.96 bits per heavy atom. The Hall–Kier alpha value is -2.73. The maximum absolute atomic E-state index is 13.2. The third-order valence-electron chi connectivity index (χ3n) is 4.39. The van der Waals surface area contributed by atoms with Crippen molar-refractivity contribution in [1.29, 1.82) is 0 Å². The van der Waals surface area contributed by atoms with Crippen LogP contribution >= 0.6 is 0 Å². The molecule has 1 aliphatic heterocycles. The lowest BCUT2D eigenvalue weighted by Crippen LogP contribution is -2.27. The van der Waals surface area contributed by atoms with Crippen LogP contribution in [0.2, 0.25) is 0 Å². The van der Waals surface area contributed by atoms with Gasteiger partial charge in [0.2, 0.25) is 0 Å². The van der Waals surface area contributed by atoms with Crippen molar-refractivity contribution >= 4 is 11.5 Å². The molecular weight excluding hydrogens is 309 g/mol. The number of benzene rings is 1. The van der Waals surface area contributed by atoms with E-state index in [2.05, 4.69) is 4.98 Å². The monoisotopic (exact) mass is 325 g/mol. The molecule has 6 heteroatoms. The smallest absolute Gasteiger partial charge is 0.259 e. The predicted molar refractivity (Wildman–Crippen MR) is 88.6 cm³/mol. The molecule has 1 N–H and O–H groups in total. The van der Waals surface area contributed by atoms with Crippen LogP contribution in [0.5, 0.6) is 0 Å². The number of rotatable bonds is 2. The molecule has 0 saturated carbocycles. The lowest BCUT2D eigenvalue weighted by molar-refractivity contribution is 0.194. The van der Waals surface area contributed by atoms with Gasteiger partial charge in [0.05, 0.1) is 12.1 Å². The summed E-state index contributed by atoms with van der Waals surface area (Å²) in [6.07, 6.45) is 1.67. The summed E-state index contributed by atoms with van der Waals surface area (Å²) in [5, 5.41) is 10.1. The zero-order valence-corrected chi connectivity index (χ0v) is 12.8. The zero-order chi connectivity index (χ0) is 16.7. The number of β-amino-alcohol motifs (C(OH)–C–C–N with tert-alkyl or cyclic N) is 1. The number of fused-ring (bicyclic) bond motifs is 1. The summed E-state index contributed by atoms with van der Waals surface area (Å²) in [4.78, 5) is 18.8. The van der Waals surface area contributed by atoms with Crippen LogP contribution in [0, 0.1) is 5.82 Å². The number of hydrogen-bond acceptors (Lipinski definition) is 4. The lowest BCUT2D eigenvalue weighted by atomic mass is 10.0. The summed E-state index contributed by atoms with van der Waals surface area (Å²) in [7, 11) is 0. The van der Waals surface area contributed by atoms with Crippen LogP contribution in [0.3, 0.4) is 0 Å². The number of anilines is 1. The van der Waals surface area contributed by atoms with Crippen LogP contribution in [-0.4, -0.2) is 27.1 Å². The number of nitrogens with zero attached hydrogens (tertiary/aromatic N) is 3. The van der Waals surface area contributed by atoms with E-state index in [-0.39, 0.29) is 17.4 Å². The van der Waals surface area contributed by atoms with Gasteiger partial charge in [-0.3, -0.25) is 9.20 Å². The highest BCUT2D eigenvalue weighted by Crippen LogP contribution is 2.35. The van der Waals surface area contributed by atoms with Crippen LogP contribution in [0.15, 0.2) is 59.5 Å². The fourth-order valence-electron chi connectivity index (χ4n) is 3.26. The Bertz CT molecular complexity index is 939. The van der Waals surface area contributed by atoms with Gasteiger partial charge in [-0.15, -0.1) is 0 Å². The summed E-state index contributed by atoms with van der Waals surface area (Å²) < 4.78 is 14.7. The second-order valence-corrected chi connectivity index (χ2v) is 5.99. The third kappa shape index (κ3) is 2.55. The van der Waals surface area contributed by atoms with Gasteiger partial charge in [-0.1, -0.05) is 18.2 Å². The number of halogens is 1. The summed E-state index contributed by atoms with van der Waals surface area (Å²) in [6, 6.07) is 12.9. The minimum Gasteiger partial charge on any atom is -0.391 e. The predicted octanol–water partition coefficient (Wildman–Crippen LogP) is 2.15. The molecule has 1 fully saturated rings. The van der Waals surface area contributed by atoms with Crippen LogP contribution in [-0.2, 0) is 0 Å². The first-order valence-electron chi connectivity index (χ1n) is 7.80. The molecule has 0 aliphatic carbocycles. The molecule has 3 aromatic rings. The van der Waals surface area contributed by atoms with Gasteiger partial charge in [-0.25, -0.2) is 9.37 Å². The normalized spacial score (nSPS) is 20.7. The van der Waals surface area contributed by atoms with Crippen molar-refractivity contribution in [3.63, 3.8) is 0 Å². The maximum Gasteiger partial charge on any atom is 0.259 e. The number of pyridine rings is 1. The first kappa shape index (κ1) is 14.8.